The standard InChI is InChI=1S/C24H27F6N3OS/c1-5-19(15-9-7-6-8-10-15)33(4)21(34)20(14(2)3)32-22(35)31-18-12-16(23(25,26)27)11-17(13-18)24(28,29)30/h6-14,19-20H,5H2,1-4H3,(H2,31,32,35). The van der Waals surface area contributed by atoms with Gasteiger partial charge in [0.25, 0.3) is 0 Å². The van der Waals surface area contributed by atoms with Crippen LogP contribution in [0.3, 0.4) is 0 Å². The Morgan fingerprint density at radius 2 is 1.49 bits per heavy atom. The van der Waals surface area contributed by atoms with Crippen LogP contribution in [0.2, 0.25) is 0 Å². The third kappa shape index (κ3) is 7.58. The van der Waals surface area contributed by atoms with E-state index in [-0.39, 0.29) is 29.0 Å². The minimum absolute atomic E-state index is 0.0333. The number of thiocarbonyl (C=S) groups is 1. The Bertz CT molecular complexity index is 992. The predicted octanol–water partition coefficient (Wildman–Crippen LogP) is 6.64. The van der Waals surface area contributed by atoms with Gasteiger partial charge >= 0.3 is 12.4 Å². The van der Waals surface area contributed by atoms with Gasteiger partial charge in [-0.15, -0.1) is 0 Å². The highest BCUT2D eigenvalue weighted by Crippen LogP contribution is 2.37. The van der Waals surface area contributed by atoms with E-state index in [2.05, 4.69) is 10.6 Å². The van der Waals surface area contributed by atoms with E-state index < -0.39 is 35.2 Å². The van der Waals surface area contributed by atoms with E-state index in [1.54, 1.807) is 25.8 Å². The molecule has 2 aromatic rings. The Kier molecular flexibility index (Phi) is 9.16. The van der Waals surface area contributed by atoms with Crippen LogP contribution in [-0.4, -0.2) is 29.0 Å². The summed E-state index contributed by atoms with van der Waals surface area (Å²) in [5, 5.41) is 4.86. The minimum Gasteiger partial charge on any atom is -0.350 e. The Morgan fingerprint density at radius 3 is 1.91 bits per heavy atom. The highest BCUT2D eigenvalue weighted by molar-refractivity contribution is 7.80. The fourth-order valence-corrected chi connectivity index (χ4v) is 3.88. The van der Waals surface area contributed by atoms with Crippen molar-refractivity contribution in [1.82, 2.24) is 10.2 Å². The van der Waals surface area contributed by atoms with E-state index in [4.69, 9.17) is 12.2 Å². The van der Waals surface area contributed by atoms with Gasteiger partial charge in [-0.3, -0.25) is 4.79 Å². The number of hydrogen-bond acceptors (Lipinski definition) is 2. The molecule has 0 aliphatic carbocycles. The summed E-state index contributed by atoms with van der Waals surface area (Å²) >= 11 is 5.14. The summed E-state index contributed by atoms with van der Waals surface area (Å²) in [6, 6.07) is 9.37. The van der Waals surface area contributed by atoms with E-state index in [1.165, 1.54) is 0 Å². The minimum atomic E-state index is -4.99. The van der Waals surface area contributed by atoms with Gasteiger partial charge in [-0.2, -0.15) is 26.3 Å². The largest absolute Gasteiger partial charge is 0.416 e. The first-order chi connectivity index (χ1) is 16.1. The number of nitrogens with one attached hydrogen (secondary N) is 2. The normalized spacial score (nSPS) is 13.8. The highest BCUT2D eigenvalue weighted by Gasteiger charge is 2.37. The summed E-state index contributed by atoms with van der Waals surface area (Å²) in [7, 11) is 1.64. The lowest BCUT2D eigenvalue weighted by Crippen LogP contribution is -2.51. The molecule has 0 heterocycles. The SMILES string of the molecule is CCC(c1ccccc1)N(C)C(=O)C(NC(=S)Nc1cc(C(F)(F)F)cc(C(F)(F)F)c1)C(C)C. The molecule has 11 heteroatoms. The van der Waals surface area contributed by atoms with Gasteiger partial charge in [0.1, 0.15) is 6.04 Å². The van der Waals surface area contributed by atoms with Crippen LogP contribution in [0.25, 0.3) is 0 Å². The Labute approximate surface area is 205 Å². The lowest BCUT2D eigenvalue weighted by Gasteiger charge is -2.33. The van der Waals surface area contributed by atoms with Crippen molar-refractivity contribution < 1.29 is 31.1 Å². The van der Waals surface area contributed by atoms with Crippen molar-refractivity contribution in [2.45, 2.75) is 51.6 Å². The number of likely N-dealkylation sites (N-methyl/N-ethyl adjacent to an activating group) is 1. The number of rotatable bonds is 7. The van der Waals surface area contributed by atoms with Crippen molar-refractivity contribution in [3.63, 3.8) is 0 Å². The first kappa shape index (κ1) is 28.4. The van der Waals surface area contributed by atoms with Gasteiger partial charge in [0.15, 0.2) is 5.11 Å². The maximum atomic E-state index is 13.3. The molecule has 192 valence electrons. The lowest BCUT2D eigenvalue weighted by molar-refractivity contribution is -0.143. The second-order valence-electron chi connectivity index (χ2n) is 8.40. The van der Waals surface area contributed by atoms with Gasteiger partial charge in [0.05, 0.1) is 17.2 Å². The van der Waals surface area contributed by atoms with Crippen molar-refractivity contribution in [2.75, 3.05) is 12.4 Å². The molecule has 1 amide bonds. The number of hydrogen-bond donors (Lipinski definition) is 2. The van der Waals surface area contributed by atoms with E-state index >= 15 is 0 Å². The molecule has 0 aliphatic heterocycles. The van der Waals surface area contributed by atoms with Crippen LogP contribution in [0.4, 0.5) is 32.0 Å². The first-order valence-corrected chi connectivity index (χ1v) is 11.2. The van der Waals surface area contributed by atoms with Gasteiger partial charge in [0, 0.05) is 12.7 Å². The van der Waals surface area contributed by atoms with E-state index in [1.807, 2.05) is 37.3 Å². The number of carbonyl (C=O) groups excluding carboxylic acids is 1. The maximum Gasteiger partial charge on any atom is 0.416 e. The molecule has 0 spiro atoms. The van der Waals surface area contributed by atoms with Crippen molar-refractivity contribution in [2.24, 2.45) is 5.92 Å². The molecule has 0 aliphatic rings. The van der Waals surface area contributed by atoms with Gasteiger partial charge in [-0.25, -0.2) is 0 Å². The van der Waals surface area contributed by atoms with Gasteiger partial charge in [-0.1, -0.05) is 51.1 Å². The van der Waals surface area contributed by atoms with Crippen LogP contribution in [0.15, 0.2) is 48.5 Å². The van der Waals surface area contributed by atoms with Gasteiger partial charge in [0.2, 0.25) is 5.91 Å². The molecule has 35 heavy (non-hydrogen) atoms. The number of halogens is 6. The quantitative estimate of drug-likeness (QED) is 0.318. The fraction of sp³-hybridized carbons (Fsp3) is 0.417. The molecule has 2 aromatic carbocycles. The van der Waals surface area contributed by atoms with E-state index in [0.29, 0.717) is 18.6 Å². The summed E-state index contributed by atoms with van der Waals surface area (Å²) in [4.78, 5) is 14.9. The van der Waals surface area contributed by atoms with Gasteiger partial charge < -0.3 is 15.5 Å². The average molecular weight is 520 g/mol. The molecular weight excluding hydrogens is 492 g/mol. The average Bonchev–Trinajstić information content (AvgIpc) is 2.76. The zero-order valence-electron chi connectivity index (χ0n) is 19.6. The maximum absolute atomic E-state index is 13.3. The lowest BCUT2D eigenvalue weighted by atomic mass is 9.99. The molecule has 2 atom stereocenters. The fourth-order valence-electron chi connectivity index (χ4n) is 3.63. The molecule has 0 fully saturated rings. The number of anilines is 1. The molecule has 0 saturated carbocycles. The topological polar surface area (TPSA) is 44.4 Å². The van der Waals surface area contributed by atoms with Crippen LogP contribution in [0.5, 0.6) is 0 Å². The monoisotopic (exact) mass is 519 g/mol. The Morgan fingerprint density at radius 1 is 0.971 bits per heavy atom. The van der Waals surface area contributed by atoms with Crippen molar-refractivity contribution in [1.29, 1.82) is 0 Å². The molecule has 0 radical (unpaired) electrons. The van der Waals surface area contributed by atoms with Crippen molar-refractivity contribution in [3.05, 3.63) is 65.2 Å². The number of alkyl halides is 6. The summed E-state index contributed by atoms with van der Waals surface area (Å²) in [5.74, 6) is -0.606. The van der Waals surface area contributed by atoms with E-state index in [0.717, 1.165) is 5.56 Å². The molecule has 2 unspecified atom stereocenters. The molecule has 4 nitrogen and oxygen atoms in total. The second kappa shape index (κ2) is 11.3. The van der Waals surface area contributed by atoms with Crippen LogP contribution in [0.1, 0.15) is 49.9 Å². The highest BCUT2D eigenvalue weighted by atomic mass is 32.1. The molecule has 2 rings (SSSR count). The summed E-state index contributed by atoms with van der Waals surface area (Å²) in [6.07, 6.45) is -9.35. The van der Waals surface area contributed by atoms with Crippen LogP contribution in [-0.2, 0) is 17.1 Å². The number of amides is 1. The smallest absolute Gasteiger partial charge is 0.350 e. The second-order valence-corrected chi connectivity index (χ2v) is 8.81. The zero-order chi connectivity index (χ0) is 26.6. The molecule has 2 N–H and O–H groups in total. The summed E-state index contributed by atoms with van der Waals surface area (Å²) in [5.41, 5.74) is -2.51. The zero-order valence-corrected chi connectivity index (χ0v) is 20.4. The number of carbonyl (C=O) groups is 1. The van der Waals surface area contributed by atoms with E-state index in [9.17, 15) is 31.1 Å². The molecule has 0 bridgehead atoms. The number of benzene rings is 2. The van der Waals surface area contributed by atoms with Crippen molar-refractivity contribution >= 4 is 28.9 Å². The Balaban J connectivity index is 2.25. The van der Waals surface area contributed by atoms with Crippen LogP contribution in [0, 0.1) is 5.92 Å². The molecule has 0 aromatic heterocycles. The summed E-state index contributed by atoms with van der Waals surface area (Å²) < 4.78 is 78.8. The number of nitrogens with zero attached hydrogens (tertiary/aromatic N) is 1. The van der Waals surface area contributed by atoms with Crippen LogP contribution < -0.4 is 10.6 Å². The van der Waals surface area contributed by atoms with Crippen LogP contribution >= 0.6 is 12.2 Å². The molecule has 0 saturated heterocycles. The third-order valence-electron chi connectivity index (χ3n) is 5.45. The molecular formula is C24H27F6N3OS. The van der Waals surface area contributed by atoms with Crippen molar-refractivity contribution in [3.8, 4) is 0 Å². The summed E-state index contributed by atoms with van der Waals surface area (Å²) in [6.45, 7) is 5.43. The predicted molar refractivity (Wildman–Crippen MR) is 127 cm³/mol. The Hall–Kier alpha value is -2.82. The third-order valence-corrected chi connectivity index (χ3v) is 5.67. The first-order valence-electron chi connectivity index (χ1n) is 10.8. The van der Waals surface area contributed by atoms with Gasteiger partial charge in [-0.05, 0) is 48.3 Å².